The van der Waals surface area contributed by atoms with Gasteiger partial charge in [-0.05, 0) is 35.4 Å². The van der Waals surface area contributed by atoms with E-state index in [4.69, 9.17) is 16.3 Å². The van der Waals surface area contributed by atoms with Crippen molar-refractivity contribution in [1.29, 1.82) is 0 Å². The van der Waals surface area contributed by atoms with Crippen molar-refractivity contribution in [3.63, 3.8) is 0 Å². The SMILES string of the molecule is COc1ccccc1-c1cccc(C2CC(C(F)(F)C(F)(F)F)=NN2c2ccccc2Cl)c1. The minimum absolute atomic E-state index is 0.184. The average Bonchev–Trinajstić information content (AvgIpc) is 3.25. The molecule has 0 aromatic heterocycles. The number of methoxy groups -OCH3 is 1. The van der Waals surface area contributed by atoms with Crippen molar-refractivity contribution in [2.45, 2.75) is 24.6 Å². The van der Waals surface area contributed by atoms with Gasteiger partial charge in [-0.25, -0.2) is 0 Å². The summed E-state index contributed by atoms with van der Waals surface area (Å²) in [7, 11) is 1.53. The Labute approximate surface area is 192 Å². The fourth-order valence-corrected chi connectivity index (χ4v) is 4.00. The van der Waals surface area contributed by atoms with Crippen LogP contribution < -0.4 is 9.75 Å². The molecule has 172 valence electrons. The first kappa shape index (κ1) is 23.0. The minimum Gasteiger partial charge on any atom is -0.496 e. The molecule has 1 aliphatic heterocycles. The molecule has 33 heavy (non-hydrogen) atoms. The van der Waals surface area contributed by atoms with Gasteiger partial charge >= 0.3 is 12.1 Å². The van der Waals surface area contributed by atoms with Gasteiger partial charge in [-0.15, -0.1) is 0 Å². The molecule has 1 unspecified atom stereocenters. The standard InChI is InChI=1S/C24H18ClF5N2O/c1-33-21-12-5-2-9-17(21)15-7-6-8-16(13-15)20-14-22(23(26,27)24(28,29)30)31-32(20)19-11-4-3-10-18(19)25/h2-13,20H,14H2,1H3. The number of nitrogens with zero attached hydrogens (tertiary/aromatic N) is 2. The van der Waals surface area contributed by atoms with E-state index < -0.39 is 30.3 Å². The summed E-state index contributed by atoms with van der Waals surface area (Å²) in [5, 5.41) is 5.04. The normalized spacial score (nSPS) is 16.6. The third kappa shape index (κ3) is 4.27. The van der Waals surface area contributed by atoms with Crippen LogP contribution in [-0.2, 0) is 0 Å². The van der Waals surface area contributed by atoms with Gasteiger partial charge in [0.05, 0.1) is 23.9 Å². The van der Waals surface area contributed by atoms with Crippen LogP contribution in [0.25, 0.3) is 11.1 Å². The number of hydrazone groups is 1. The lowest BCUT2D eigenvalue weighted by molar-refractivity contribution is -0.249. The molecule has 1 atom stereocenters. The summed E-state index contributed by atoms with van der Waals surface area (Å²) < 4.78 is 73.2. The van der Waals surface area contributed by atoms with Gasteiger partial charge in [-0.1, -0.05) is 60.1 Å². The monoisotopic (exact) mass is 480 g/mol. The zero-order valence-electron chi connectivity index (χ0n) is 17.3. The predicted molar refractivity (Wildman–Crippen MR) is 118 cm³/mol. The first-order chi connectivity index (χ1) is 15.6. The van der Waals surface area contributed by atoms with Crippen LogP contribution in [0.4, 0.5) is 27.6 Å². The molecule has 1 aliphatic rings. The summed E-state index contributed by atoms with van der Waals surface area (Å²) in [5.41, 5.74) is 0.962. The summed E-state index contributed by atoms with van der Waals surface area (Å²) in [4.78, 5) is 0. The quantitative estimate of drug-likeness (QED) is 0.353. The van der Waals surface area contributed by atoms with E-state index in [2.05, 4.69) is 5.10 Å². The van der Waals surface area contributed by atoms with Gasteiger partial charge in [0, 0.05) is 12.0 Å². The van der Waals surface area contributed by atoms with Crippen molar-refractivity contribution in [1.82, 2.24) is 0 Å². The third-order valence-corrected chi connectivity index (χ3v) is 5.74. The number of ether oxygens (including phenoxy) is 1. The van der Waals surface area contributed by atoms with Crippen LogP contribution in [0.2, 0.25) is 5.02 Å². The van der Waals surface area contributed by atoms with Gasteiger partial charge in [0.2, 0.25) is 0 Å². The van der Waals surface area contributed by atoms with Crippen LogP contribution in [0.3, 0.4) is 0 Å². The number of alkyl halides is 5. The molecule has 9 heteroatoms. The second kappa shape index (κ2) is 8.67. The van der Waals surface area contributed by atoms with E-state index in [0.29, 0.717) is 11.3 Å². The van der Waals surface area contributed by atoms with Crippen molar-refractivity contribution < 1.29 is 26.7 Å². The Kier molecular flexibility index (Phi) is 6.05. The highest BCUT2D eigenvalue weighted by Crippen LogP contribution is 2.46. The van der Waals surface area contributed by atoms with Crippen molar-refractivity contribution >= 4 is 23.0 Å². The van der Waals surface area contributed by atoms with Crippen LogP contribution in [0.5, 0.6) is 5.75 Å². The number of rotatable bonds is 5. The van der Waals surface area contributed by atoms with Crippen LogP contribution in [-0.4, -0.2) is 24.9 Å². The molecule has 0 aliphatic carbocycles. The van der Waals surface area contributed by atoms with Crippen molar-refractivity contribution in [3.05, 3.63) is 83.4 Å². The van der Waals surface area contributed by atoms with E-state index in [1.165, 1.54) is 19.2 Å². The zero-order chi connectivity index (χ0) is 23.8. The lowest BCUT2D eigenvalue weighted by atomic mass is 9.95. The van der Waals surface area contributed by atoms with Crippen molar-refractivity contribution in [2.24, 2.45) is 5.10 Å². The maximum Gasteiger partial charge on any atom is 0.459 e. The number of hydrogen-bond acceptors (Lipinski definition) is 3. The first-order valence-corrected chi connectivity index (χ1v) is 10.3. The van der Waals surface area contributed by atoms with Gasteiger partial charge in [0.15, 0.2) is 0 Å². The number of hydrogen-bond donors (Lipinski definition) is 0. The molecule has 0 bridgehead atoms. The van der Waals surface area contributed by atoms with Gasteiger partial charge in [0.25, 0.3) is 0 Å². The highest BCUT2D eigenvalue weighted by molar-refractivity contribution is 6.33. The molecule has 1 heterocycles. The summed E-state index contributed by atoms with van der Waals surface area (Å²) >= 11 is 6.24. The van der Waals surface area contributed by atoms with Crippen LogP contribution in [0, 0.1) is 0 Å². The Bertz CT molecular complexity index is 1200. The second-order valence-electron chi connectivity index (χ2n) is 7.46. The molecule has 0 saturated heterocycles. The number of anilines is 1. The highest BCUT2D eigenvalue weighted by Gasteiger charge is 2.62. The maximum atomic E-state index is 14.2. The van der Waals surface area contributed by atoms with Gasteiger partial charge < -0.3 is 4.74 Å². The largest absolute Gasteiger partial charge is 0.496 e. The molecule has 4 rings (SSSR count). The van der Waals surface area contributed by atoms with E-state index in [0.717, 1.165) is 16.1 Å². The molecule has 0 radical (unpaired) electrons. The van der Waals surface area contributed by atoms with Crippen LogP contribution in [0.1, 0.15) is 18.0 Å². The molecule has 0 fully saturated rings. The molecule has 3 aromatic rings. The maximum absolute atomic E-state index is 14.2. The number of halogens is 6. The fourth-order valence-electron chi connectivity index (χ4n) is 3.78. The average molecular weight is 481 g/mol. The van der Waals surface area contributed by atoms with Crippen molar-refractivity contribution in [3.8, 4) is 16.9 Å². The van der Waals surface area contributed by atoms with Gasteiger partial charge in [-0.3, -0.25) is 5.01 Å². The summed E-state index contributed by atoms with van der Waals surface area (Å²) in [6.45, 7) is 0. The van der Waals surface area contributed by atoms with E-state index in [-0.39, 0.29) is 10.7 Å². The van der Waals surface area contributed by atoms with E-state index in [1.54, 1.807) is 36.4 Å². The fraction of sp³-hybridized carbons (Fsp3) is 0.208. The van der Waals surface area contributed by atoms with E-state index >= 15 is 0 Å². The zero-order valence-corrected chi connectivity index (χ0v) is 18.0. The molecular formula is C24H18ClF5N2O. The third-order valence-electron chi connectivity index (χ3n) is 5.42. The van der Waals surface area contributed by atoms with E-state index in [1.807, 2.05) is 24.3 Å². The number of para-hydroxylation sites is 2. The smallest absolute Gasteiger partial charge is 0.459 e. The molecule has 3 nitrogen and oxygen atoms in total. The Balaban J connectivity index is 1.80. The first-order valence-electron chi connectivity index (χ1n) is 9.93. The van der Waals surface area contributed by atoms with Gasteiger partial charge in [0.1, 0.15) is 11.5 Å². The molecular weight excluding hydrogens is 463 g/mol. The Hall–Kier alpha value is -3.13. The number of benzene rings is 3. The van der Waals surface area contributed by atoms with E-state index in [9.17, 15) is 22.0 Å². The summed E-state index contributed by atoms with van der Waals surface area (Å²) in [6.07, 6.45) is -6.38. The van der Waals surface area contributed by atoms with Gasteiger partial charge in [-0.2, -0.15) is 27.1 Å². The van der Waals surface area contributed by atoms with Crippen LogP contribution >= 0.6 is 11.6 Å². The summed E-state index contributed by atoms with van der Waals surface area (Å²) in [5.74, 6) is -4.47. The molecule has 3 aromatic carbocycles. The lowest BCUT2D eigenvalue weighted by Gasteiger charge is -2.25. The Morgan fingerprint density at radius 3 is 2.33 bits per heavy atom. The lowest BCUT2D eigenvalue weighted by Crippen LogP contribution is -2.43. The molecule has 0 saturated carbocycles. The summed E-state index contributed by atoms with van der Waals surface area (Å²) in [6, 6.07) is 19.5. The molecule has 0 N–H and O–H groups in total. The Morgan fingerprint density at radius 2 is 1.64 bits per heavy atom. The predicted octanol–water partition coefficient (Wildman–Crippen LogP) is 7.52. The second-order valence-corrected chi connectivity index (χ2v) is 7.87. The minimum atomic E-state index is -5.76. The molecule has 0 spiro atoms. The van der Waals surface area contributed by atoms with Crippen molar-refractivity contribution in [2.75, 3.05) is 12.1 Å². The van der Waals surface area contributed by atoms with Crippen LogP contribution in [0.15, 0.2) is 77.9 Å². The molecule has 0 amide bonds. The highest BCUT2D eigenvalue weighted by atomic mass is 35.5. The Morgan fingerprint density at radius 1 is 0.939 bits per heavy atom. The topological polar surface area (TPSA) is 24.8 Å².